The van der Waals surface area contributed by atoms with Gasteiger partial charge in [0.1, 0.15) is 5.75 Å². The topological polar surface area (TPSA) is 145 Å². The number of carbonyl (C=O) groups excluding carboxylic acids is 1. The van der Waals surface area contributed by atoms with Gasteiger partial charge in [-0.05, 0) is 60.2 Å². The standard InChI is InChI=1S/C21H19Cl2N3O6S2/c22-15-3-5-16(6-4-15)26-34(30,31)18-9-10-20(19(23)11-18)32-13-21(27)25-12-14-1-7-17(8-2-14)33(24,28)29/h1-11,26H,12-13H2,(H,25,27)(H2,24,28,29). The van der Waals surface area contributed by atoms with E-state index in [0.717, 1.165) is 0 Å². The van der Waals surface area contributed by atoms with Crippen molar-refractivity contribution < 1.29 is 26.4 Å². The summed E-state index contributed by atoms with van der Waals surface area (Å²) in [6.45, 7) is -0.238. The predicted octanol–water partition coefficient (Wildman–Crippen LogP) is 3.14. The first-order chi connectivity index (χ1) is 15.9. The molecule has 1 amide bonds. The van der Waals surface area contributed by atoms with Crippen LogP contribution in [-0.4, -0.2) is 29.3 Å². The van der Waals surface area contributed by atoms with Gasteiger partial charge in [-0.15, -0.1) is 0 Å². The van der Waals surface area contributed by atoms with Gasteiger partial charge in [0.25, 0.3) is 15.9 Å². The lowest BCUT2D eigenvalue weighted by molar-refractivity contribution is -0.123. The minimum absolute atomic E-state index is 0.00497. The highest BCUT2D eigenvalue weighted by Gasteiger charge is 2.17. The molecule has 0 aliphatic heterocycles. The van der Waals surface area contributed by atoms with Gasteiger partial charge < -0.3 is 10.1 Å². The Bertz CT molecular complexity index is 1400. The summed E-state index contributed by atoms with van der Waals surface area (Å²) in [7, 11) is -7.70. The van der Waals surface area contributed by atoms with Crippen molar-refractivity contribution in [2.75, 3.05) is 11.3 Å². The first-order valence-corrected chi connectivity index (χ1v) is 13.3. The summed E-state index contributed by atoms with van der Waals surface area (Å²) in [5, 5.41) is 8.13. The molecule has 9 nitrogen and oxygen atoms in total. The monoisotopic (exact) mass is 543 g/mol. The summed E-state index contributed by atoms with van der Waals surface area (Å²) in [5.74, 6) is -0.340. The molecule has 0 radical (unpaired) electrons. The van der Waals surface area contributed by atoms with E-state index in [-0.39, 0.29) is 33.7 Å². The molecule has 3 aromatic rings. The summed E-state index contributed by atoms with van der Waals surface area (Å²) in [5.41, 5.74) is 0.985. The number of sulfonamides is 2. The maximum atomic E-state index is 12.6. The van der Waals surface area contributed by atoms with Crippen LogP contribution in [0, 0.1) is 0 Å². The van der Waals surface area contributed by atoms with Gasteiger partial charge in [-0.25, -0.2) is 22.0 Å². The molecule has 0 spiro atoms. The summed E-state index contributed by atoms with van der Waals surface area (Å²) in [6.07, 6.45) is 0. The van der Waals surface area contributed by atoms with E-state index >= 15 is 0 Å². The average molecular weight is 544 g/mol. The van der Waals surface area contributed by atoms with Crippen molar-refractivity contribution in [3.8, 4) is 5.75 Å². The number of hydrogen-bond donors (Lipinski definition) is 3. The molecule has 3 rings (SSSR count). The van der Waals surface area contributed by atoms with E-state index in [1.54, 1.807) is 12.1 Å². The van der Waals surface area contributed by atoms with Crippen LogP contribution < -0.4 is 19.9 Å². The van der Waals surface area contributed by atoms with E-state index in [9.17, 15) is 21.6 Å². The molecule has 3 aromatic carbocycles. The molecule has 0 bridgehead atoms. The number of primary sulfonamides is 1. The highest BCUT2D eigenvalue weighted by molar-refractivity contribution is 7.92. The van der Waals surface area contributed by atoms with Gasteiger partial charge in [-0.1, -0.05) is 35.3 Å². The zero-order valence-corrected chi connectivity index (χ0v) is 20.5. The zero-order valence-electron chi connectivity index (χ0n) is 17.4. The fourth-order valence-electron chi connectivity index (χ4n) is 2.69. The molecule has 0 fully saturated rings. The Balaban J connectivity index is 1.56. The van der Waals surface area contributed by atoms with Crippen molar-refractivity contribution in [1.29, 1.82) is 0 Å². The van der Waals surface area contributed by atoms with Crippen LogP contribution in [0.5, 0.6) is 5.75 Å². The zero-order chi connectivity index (χ0) is 24.9. The molecule has 0 saturated heterocycles. The molecule has 0 heterocycles. The molecular formula is C21H19Cl2N3O6S2. The molecule has 0 atom stereocenters. The number of amides is 1. The second-order valence-electron chi connectivity index (χ2n) is 6.96. The van der Waals surface area contributed by atoms with Crippen LogP contribution in [0.1, 0.15) is 5.56 Å². The average Bonchev–Trinajstić information content (AvgIpc) is 2.78. The van der Waals surface area contributed by atoms with Crippen LogP contribution in [0.3, 0.4) is 0 Å². The number of rotatable bonds is 9. The smallest absolute Gasteiger partial charge is 0.261 e. The molecule has 0 aliphatic rings. The SMILES string of the molecule is NS(=O)(=O)c1ccc(CNC(=O)COc2ccc(S(=O)(=O)Nc3ccc(Cl)cc3)cc2Cl)cc1. The first-order valence-electron chi connectivity index (χ1n) is 9.53. The highest BCUT2D eigenvalue weighted by atomic mass is 35.5. The van der Waals surface area contributed by atoms with Gasteiger partial charge >= 0.3 is 0 Å². The maximum Gasteiger partial charge on any atom is 0.261 e. The van der Waals surface area contributed by atoms with E-state index in [4.69, 9.17) is 33.1 Å². The fourth-order valence-corrected chi connectivity index (χ4v) is 4.72. The van der Waals surface area contributed by atoms with E-state index in [0.29, 0.717) is 16.3 Å². The van der Waals surface area contributed by atoms with Gasteiger partial charge in [-0.2, -0.15) is 0 Å². The van der Waals surface area contributed by atoms with Crippen LogP contribution in [0.2, 0.25) is 10.0 Å². The van der Waals surface area contributed by atoms with Crippen LogP contribution >= 0.6 is 23.2 Å². The Kier molecular flexibility index (Phi) is 8.05. The van der Waals surface area contributed by atoms with Gasteiger partial charge in [0.15, 0.2) is 6.61 Å². The van der Waals surface area contributed by atoms with E-state index in [1.165, 1.54) is 54.6 Å². The highest BCUT2D eigenvalue weighted by Crippen LogP contribution is 2.28. The second-order valence-corrected chi connectivity index (χ2v) is 11.0. The molecule has 0 saturated carbocycles. The summed E-state index contributed by atoms with van der Waals surface area (Å²) >= 11 is 11.9. The third-order valence-corrected chi connectivity index (χ3v) is 7.27. The predicted molar refractivity (Wildman–Crippen MR) is 129 cm³/mol. The maximum absolute atomic E-state index is 12.6. The van der Waals surface area contributed by atoms with Crippen LogP contribution in [0.4, 0.5) is 5.69 Å². The molecule has 13 heteroatoms. The Labute approximate surface area is 206 Å². The normalized spacial score (nSPS) is 11.6. The molecule has 0 aliphatic carbocycles. The third-order valence-electron chi connectivity index (χ3n) is 4.41. The second kappa shape index (κ2) is 10.6. The lowest BCUT2D eigenvalue weighted by Crippen LogP contribution is -2.28. The quantitative estimate of drug-likeness (QED) is 0.378. The number of nitrogens with two attached hydrogens (primary N) is 1. The molecular weight excluding hydrogens is 525 g/mol. The summed E-state index contributed by atoms with van der Waals surface area (Å²) in [6, 6.07) is 15.7. The Morgan fingerprint density at radius 2 is 1.50 bits per heavy atom. The van der Waals surface area contributed by atoms with Gasteiger partial charge in [0.05, 0.1) is 14.8 Å². The van der Waals surface area contributed by atoms with Crippen molar-refractivity contribution in [2.45, 2.75) is 16.3 Å². The Morgan fingerprint density at radius 1 is 0.882 bits per heavy atom. The van der Waals surface area contributed by atoms with E-state index in [1.807, 2.05) is 0 Å². The van der Waals surface area contributed by atoms with Crippen LogP contribution in [-0.2, 0) is 31.4 Å². The van der Waals surface area contributed by atoms with E-state index in [2.05, 4.69) is 10.0 Å². The van der Waals surface area contributed by atoms with Crippen LogP contribution in [0.15, 0.2) is 76.5 Å². The molecule has 180 valence electrons. The number of hydrogen-bond acceptors (Lipinski definition) is 6. The number of anilines is 1. The largest absolute Gasteiger partial charge is 0.482 e. The van der Waals surface area contributed by atoms with Gasteiger partial charge in [0, 0.05) is 17.3 Å². The van der Waals surface area contributed by atoms with Crippen molar-refractivity contribution >= 4 is 54.8 Å². The van der Waals surface area contributed by atoms with E-state index < -0.39 is 26.0 Å². The minimum atomic E-state index is -3.91. The fraction of sp³-hybridized carbons (Fsp3) is 0.0952. The molecule has 34 heavy (non-hydrogen) atoms. The lowest BCUT2D eigenvalue weighted by Gasteiger charge is -2.12. The van der Waals surface area contributed by atoms with Gasteiger partial charge in [0.2, 0.25) is 10.0 Å². The Hall–Kier alpha value is -2.83. The molecule has 0 unspecified atom stereocenters. The summed E-state index contributed by atoms with van der Waals surface area (Å²) < 4.78 is 55.5. The van der Waals surface area contributed by atoms with Crippen molar-refractivity contribution in [3.05, 3.63) is 82.3 Å². The number of ether oxygens (including phenoxy) is 1. The van der Waals surface area contributed by atoms with Crippen molar-refractivity contribution in [1.82, 2.24) is 5.32 Å². The molecule has 0 aromatic heterocycles. The molecule has 4 N–H and O–H groups in total. The van der Waals surface area contributed by atoms with Crippen LogP contribution in [0.25, 0.3) is 0 Å². The lowest BCUT2D eigenvalue weighted by atomic mass is 10.2. The number of nitrogens with one attached hydrogen (secondary N) is 2. The third kappa shape index (κ3) is 7.08. The minimum Gasteiger partial charge on any atom is -0.482 e. The van der Waals surface area contributed by atoms with Crippen molar-refractivity contribution in [2.24, 2.45) is 5.14 Å². The number of halogens is 2. The summed E-state index contributed by atoms with van der Waals surface area (Å²) in [4.78, 5) is 11.9. The number of benzene rings is 3. The number of carbonyl (C=O) groups is 1. The van der Waals surface area contributed by atoms with Crippen molar-refractivity contribution in [3.63, 3.8) is 0 Å². The first kappa shape index (κ1) is 25.8. The van der Waals surface area contributed by atoms with Gasteiger partial charge in [-0.3, -0.25) is 9.52 Å². The Morgan fingerprint density at radius 3 is 2.09 bits per heavy atom.